The van der Waals surface area contributed by atoms with Crippen molar-refractivity contribution in [1.29, 1.82) is 0 Å². The molecule has 1 fully saturated rings. The summed E-state index contributed by atoms with van der Waals surface area (Å²) in [4.78, 5) is 14.3. The van der Waals surface area contributed by atoms with Crippen molar-refractivity contribution >= 4 is 11.6 Å². The molecule has 0 unspecified atom stereocenters. The van der Waals surface area contributed by atoms with Gasteiger partial charge in [0.2, 0.25) is 5.91 Å². The number of hydrazone groups is 1. The number of nitrogens with zero attached hydrogens (tertiary/aromatic N) is 3. The fourth-order valence-corrected chi connectivity index (χ4v) is 2.85. The first-order chi connectivity index (χ1) is 10.2. The first-order valence-electron chi connectivity index (χ1n) is 7.58. The summed E-state index contributed by atoms with van der Waals surface area (Å²) in [6.45, 7) is 2.64. The van der Waals surface area contributed by atoms with E-state index < -0.39 is 0 Å². The first-order valence-corrected chi connectivity index (χ1v) is 7.58. The van der Waals surface area contributed by atoms with Gasteiger partial charge in [-0.05, 0) is 43.6 Å². The van der Waals surface area contributed by atoms with Gasteiger partial charge in [0.15, 0.2) is 0 Å². The summed E-state index contributed by atoms with van der Waals surface area (Å²) in [5.74, 6) is -0.178. The molecular weight excluding hydrogens is 269 g/mol. The average Bonchev–Trinajstić information content (AvgIpc) is 2.51. The Morgan fingerprint density at radius 1 is 1.05 bits per heavy atom. The monoisotopic (exact) mass is 289 g/mol. The Balaban J connectivity index is 1.74. The molecule has 21 heavy (non-hydrogen) atoms. The fourth-order valence-electron chi connectivity index (χ4n) is 2.85. The van der Waals surface area contributed by atoms with Gasteiger partial charge in [-0.25, -0.2) is 9.40 Å². The van der Waals surface area contributed by atoms with E-state index in [9.17, 15) is 9.18 Å². The number of carbonyl (C=O) groups excluding carboxylic acids is 1. The van der Waals surface area contributed by atoms with E-state index in [0.717, 1.165) is 24.4 Å². The summed E-state index contributed by atoms with van der Waals surface area (Å²) in [6.07, 6.45) is 4.76. The number of halogens is 1. The summed E-state index contributed by atoms with van der Waals surface area (Å²) in [7, 11) is 0. The first kappa shape index (κ1) is 14.2. The maximum atomic E-state index is 13.0. The third-order valence-corrected chi connectivity index (χ3v) is 4.07. The number of amides is 1. The molecule has 1 aromatic carbocycles. The lowest BCUT2D eigenvalue weighted by atomic mass is 10.0. The molecule has 1 aromatic rings. The molecule has 2 heterocycles. The molecule has 0 N–H and O–H groups in total. The smallest absolute Gasteiger partial charge is 0.244 e. The highest BCUT2D eigenvalue weighted by Gasteiger charge is 2.23. The number of rotatable bonds is 3. The van der Waals surface area contributed by atoms with E-state index in [-0.39, 0.29) is 11.7 Å². The second-order valence-electron chi connectivity index (χ2n) is 5.67. The van der Waals surface area contributed by atoms with Gasteiger partial charge in [0.05, 0.1) is 12.4 Å². The maximum absolute atomic E-state index is 13.0. The number of piperidine rings is 1. The quantitative estimate of drug-likeness (QED) is 0.857. The van der Waals surface area contributed by atoms with E-state index in [1.807, 2.05) is 0 Å². The van der Waals surface area contributed by atoms with Crippen LogP contribution >= 0.6 is 0 Å². The highest BCUT2D eigenvalue weighted by atomic mass is 19.1. The van der Waals surface area contributed by atoms with Crippen LogP contribution in [0.5, 0.6) is 0 Å². The second kappa shape index (κ2) is 6.35. The van der Waals surface area contributed by atoms with Crippen molar-refractivity contribution in [2.24, 2.45) is 5.10 Å². The van der Waals surface area contributed by atoms with Crippen LogP contribution < -0.4 is 0 Å². The highest BCUT2D eigenvalue weighted by molar-refractivity contribution is 6.04. The molecule has 112 valence electrons. The van der Waals surface area contributed by atoms with Crippen LogP contribution in [0, 0.1) is 5.82 Å². The van der Waals surface area contributed by atoms with Crippen molar-refractivity contribution in [3.8, 4) is 0 Å². The lowest BCUT2D eigenvalue weighted by Crippen LogP contribution is -2.43. The molecule has 0 bridgehead atoms. The number of carbonyl (C=O) groups is 1. The predicted molar refractivity (Wildman–Crippen MR) is 79.3 cm³/mol. The zero-order valence-electron chi connectivity index (χ0n) is 12.1. The van der Waals surface area contributed by atoms with Crippen molar-refractivity contribution < 1.29 is 9.18 Å². The average molecular weight is 289 g/mol. The molecule has 0 aromatic heterocycles. The molecular formula is C16H20FN3O. The van der Waals surface area contributed by atoms with E-state index in [4.69, 9.17) is 0 Å². The SMILES string of the molecule is O=C1CCC(c2ccc(F)cc2)=NN1CN1CCCCC1. The molecule has 0 spiro atoms. The molecule has 3 rings (SSSR count). The van der Waals surface area contributed by atoms with Crippen LogP contribution in [0.25, 0.3) is 0 Å². The molecule has 0 saturated carbocycles. The Morgan fingerprint density at radius 2 is 1.76 bits per heavy atom. The van der Waals surface area contributed by atoms with Gasteiger partial charge in [-0.3, -0.25) is 9.69 Å². The predicted octanol–water partition coefficient (Wildman–Crippen LogP) is 2.60. The molecule has 2 aliphatic heterocycles. The van der Waals surface area contributed by atoms with Crippen molar-refractivity contribution in [3.63, 3.8) is 0 Å². The normalized spacial score (nSPS) is 20.5. The summed E-state index contributed by atoms with van der Waals surface area (Å²) >= 11 is 0. The zero-order valence-corrected chi connectivity index (χ0v) is 12.1. The van der Waals surface area contributed by atoms with E-state index in [1.54, 1.807) is 17.1 Å². The molecule has 1 saturated heterocycles. The van der Waals surface area contributed by atoms with E-state index in [0.29, 0.717) is 19.5 Å². The minimum absolute atomic E-state index is 0.0754. The number of benzene rings is 1. The van der Waals surface area contributed by atoms with E-state index >= 15 is 0 Å². The van der Waals surface area contributed by atoms with Gasteiger partial charge in [-0.2, -0.15) is 5.10 Å². The standard InChI is InChI=1S/C16H20FN3O/c17-14-6-4-13(5-7-14)15-8-9-16(21)20(18-15)12-19-10-2-1-3-11-19/h4-7H,1-3,8-12H2. The Bertz CT molecular complexity index is 535. The topological polar surface area (TPSA) is 35.9 Å². The van der Waals surface area contributed by atoms with Crippen molar-refractivity contribution in [3.05, 3.63) is 35.6 Å². The van der Waals surface area contributed by atoms with Crippen LogP contribution in [0.2, 0.25) is 0 Å². The molecule has 0 atom stereocenters. The summed E-state index contributed by atoms with van der Waals surface area (Å²) < 4.78 is 13.0. The second-order valence-corrected chi connectivity index (χ2v) is 5.67. The van der Waals surface area contributed by atoms with E-state index in [2.05, 4.69) is 10.0 Å². The molecule has 0 aliphatic carbocycles. The van der Waals surface area contributed by atoms with Gasteiger partial charge < -0.3 is 0 Å². The van der Waals surface area contributed by atoms with Gasteiger partial charge in [-0.15, -0.1) is 0 Å². The van der Waals surface area contributed by atoms with Crippen LogP contribution in [-0.2, 0) is 4.79 Å². The lowest BCUT2D eigenvalue weighted by molar-refractivity contribution is -0.134. The Hall–Kier alpha value is -1.75. The van der Waals surface area contributed by atoms with Crippen LogP contribution in [-0.4, -0.2) is 41.3 Å². The molecule has 1 amide bonds. The van der Waals surface area contributed by atoms with Crippen LogP contribution in [0.1, 0.15) is 37.7 Å². The number of hydrogen-bond acceptors (Lipinski definition) is 3. The van der Waals surface area contributed by atoms with Crippen LogP contribution in [0.4, 0.5) is 4.39 Å². The molecule has 5 heteroatoms. The minimum Gasteiger partial charge on any atom is -0.284 e. The number of hydrogen-bond donors (Lipinski definition) is 0. The summed E-state index contributed by atoms with van der Waals surface area (Å²) in [5.41, 5.74) is 1.76. The van der Waals surface area contributed by atoms with Crippen molar-refractivity contribution in [2.45, 2.75) is 32.1 Å². The Kier molecular flexibility index (Phi) is 4.29. The Labute approximate surface area is 124 Å². The van der Waals surface area contributed by atoms with Crippen LogP contribution in [0.3, 0.4) is 0 Å². The van der Waals surface area contributed by atoms with E-state index in [1.165, 1.54) is 31.4 Å². The van der Waals surface area contributed by atoms with Gasteiger partial charge in [0.1, 0.15) is 5.82 Å². The zero-order chi connectivity index (χ0) is 14.7. The summed E-state index contributed by atoms with van der Waals surface area (Å²) in [5, 5.41) is 6.07. The fraction of sp³-hybridized carbons (Fsp3) is 0.500. The summed E-state index contributed by atoms with van der Waals surface area (Å²) in [6, 6.07) is 6.32. The van der Waals surface area contributed by atoms with Gasteiger partial charge >= 0.3 is 0 Å². The van der Waals surface area contributed by atoms with Gasteiger partial charge in [-0.1, -0.05) is 18.6 Å². The maximum Gasteiger partial charge on any atom is 0.244 e. The minimum atomic E-state index is -0.253. The third-order valence-electron chi connectivity index (χ3n) is 4.07. The number of likely N-dealkylation sites (tertiary alicyclic amines) is 1. The van der Waals surface area contributed by atoms with Gasteiger partial charge in [0.25, 0.3) is 0 Å². The lowest BCUT2D eigenvalue weighted by Gasteiger charge is -2.32. The highest BCUT2D eigenvalue weighted by Crippen LogP contribution is 2.17. The largest absolute Gasteiger partial charge is 0.284 e. The van der Waals surface area contributed by atoms with Crippen molar-refractivity contribution in [2.75, 3.05) is 19.8 Å². The molecule has 0 radical (unpaired) electrons. The molecule has 4 nitrogen and oxygen atoms in total. The molecule has 2 aliphatic rings. The Morgan fingerprint density at radius 3 is 2.48 bits per heavy atom. The van der Waals surface area contributed by atoms with Gasteiger partial charge in [0, 0.05) is 12.8 Å². The third kappa shape index (κ3) is 3.47. The van der Waals surface area contributed by atoms with Crippen LogP contribution in [0.15, 0.2) is 29.4 Å². The van der Waals surface area contributed by atoms with Crippen molar-refractivity contribution in [1.82, 2.24) is 9.91 Å².